The third-order valence-corrected chi connectivity index (χ3v) is 8.66. The SMILES string of the molecule is c1ccc([CH+][P+](c2ccccc2)(c2ccccc2)c2ccccc2)cc1. The lowest BCUT2D eigenvalue weighted by Gasteiger charge is -2.23. The molecule has 0 unspecified atom stereocenters. The Hall–Kier alpha value is -2.82. The van der Waals surface area contributed by atoms with E-state index < -0.39 is 7.26 Å². The third kappa shape index (κ3) is 3.17. The van der Waals surface area contributed by atoms with Crippen LogP contribution in [0.1, 0.15) is 5.56 Å². The highest BCUT2D eigenvalue weighted by atomic mass is 31.2. The van der Waals surface area contributed by atoms with Crippen molar-refractivity contribution in [3.63, 3.8) is 0 Å². The minimum absolute atomic E-state index is 1.26. The molecule has 4 aromatic carbocycles. The minimum Gasteiger partial charge on any atom is -0.0620 e. The van der Waals surface area contributed by atoms with Crippen LogP contribution in [-0.2, 0) is 0 Å². The predicted octanol–water partition coefficient (Wildman–Crippen LogP) is 5.19. The van der Waals surface area contributed by atoms with Gasteiger partial charge in [0.2, 0.25) is 0 Å². The van der Waals surface area contributed by atoms with Crippen LogP contribution in [0.25, 0.3) is 0 Å². The van der Waals surface area contributed by atoms with Crippen molar-refractivity contribution in [1.29, 1.82) is 0 Å². The second-order valence-electron chi connectivity index (χ2n) is 6.27. The first-order chi connectivity index (χ1) is 12.9. The zero-order valence-electron chi connectivity index (χ0n) is 14.6. The average Bonchev–Trinajstić information content (AvgIpc) is 2.75. The molecule has 0 saturated heterocycles. The molecule has 0 nitrogen and oxygen atoms in total. The Balaban J connectivity index is 2.00. The Morgan fingerprint density at radius 2 is 0.692 bits per heavy atom. The van der Waals surface area contributed by atoms with E-state index in [1.807, 2.05) is 0 Å². The normalized spacial score (nSPS) is 11.1. The van der Waals surface area contributed by atoms with Crippen molar-refractivity contribution in [1.82, 2.24) is 0 Å². The van der Waals surface area contributed by atoms with Gasteiger partial charge in [0, 0.05) is 12.1 Å². The Morgan fingerprint density at radius 1 is 0.385 bits per heavy atom. The second-order valence-corrected chi connectivity index (χ2v) is 9.52. The monoisotopic (exact) mass is 352 g/mol. The highest BCUT2D eigenvalue weighted by Gasteiger charge is 2.49. The number of hydrogen-bond donors (Lipinski definition) is 0. The van der Waals surface area contributed by atoms with Gasteiger partial charge in [-0.05, 0) is 54.6 Å². The topological polar surface area (TPSA) is 0 Å². The van der Waals surface area contributed by atoms with Crippen LogP contribution >= 0.6 is 7.26 Å². The molecule has 0 aromatic heterocycles. The lowest BCUT2D eigenvalue weighted by Crippen LogP contribution is -2.31. The first-order valence-electron chi connectivity index (χ1n) is 8.86. The van der Waals surface area contributed by atoms with Crippen LogP contribution in [-0.4, -0.2) is 0 Å². The lowest BCUT2D eigenvalue weighted by atomic mass is 10.2. The van der Waals surface area contributed by atoms with E-state index in [4.69, 9.17) is 0 Å². The molecule has 0 N–H and O–H groups in total. The summed E-state index contributed by atoms with van der Waals surface area (Å²) < 4.78 is 0. The Morgan fingerprint density at radius 3 is 1.04 bits per heavy atom. The first-order valence-corrected chi connectivity index (χ1v) is 10.7. The van der Waals surface area contributed by atoms with E-state index in [0.717, 1.165) is 0 Å². The van der Waals surface area contributed by atoms with E-state index >= 15 is 0 Å². The molecular formula is C25H21P+2. The molecule has 0 aliphatic carbocycles. The van der Waals surface area contributed by atoms with E-state index in [9.17, 15) is 0 Å². The molecule has 0 saturated carbocycles. The number of benzene rings is 4. The van der Waals surface area contributed by atoms with Crippen molar-refractivity contribution in [2.45, 2.75) is 0 Å². The quantitative estimate of drug-likeness (QED) is 0.342. The summed E-state index contributed by atoms with van der Waals surface area (Å²) in [6.07, 6.45) is 2.49. The number of rotatable bonds is 5. The summed E-state index contributed by atoms with van der Waals surface area (Å²) >= 11 is 0. The largest absolute Gasteiger partial charge is 0.186 e. The van der Waals surface area contributed by atoms with E-state index in [0.29, 0.717) is 0 Å². The number of hydrogen-bond acceptors (Lipinski definition) is 0. The first kappa shape index (κ1) is 16.6. The standard InChI is InChI=1S/C25H21P/c1-5-13-22(14-6-1)21-26(23-15-7-2-8-16-23,24-17-9-3-10-18-24)25-19-11-4-12-20-25/h1-21H/q+2. The van der Waals surface area contributed by atoms with Crippen molar-refractivity contribution in [2.75, 3.05) is 0 Å². The average molecular weight is 352 g/mol. The van der Waals surface area contributed by atoms with Crippen LogP contribution in [0.5, 0.6) is 0 Å². The van der Waals surface area contributed by atoms with Crippen LogP contribution < -0.4 is 15.9 Å². The maximum Gasteiger partial charge on any atom is 0.186 e. The molecule has 0 spiro atoms. The van der Waals surface area contributed by atoms with E-state index in [2.05, 4.69) is 127 Å². The molecule has 26 heavy (non-hydrogen) atoms. The van der Waals surface area contributed by atoms with Gasteiger partial charge in [-0.15, -0.1) is 0 Å². The zero-order valence-corrected chi connectivity index (χ0v) is 15.5. The molecule has 1 heteroatoms. The highest BCUT2D eigenvalue weighted by molar-refractivity contribution is 7.97. The van der Waals surface area contributed by atoms with Gasteiger partial charge in [-0.2, -0.15) is 0 Å². The molecule has 4 rings (SSSR count). The summed E-state index contributed by atoms with van der Waals surface area (Å²) in [4.78, 5) is 0. The van der Waals surface area contributed by atoms with Gasteiger partial charge in [-0.3, -0.25) is 0 Å². The van der Waals surface area contributed by atoms with Gasteiger partial charge < -0.3 is 0 Å². The Bertz CT molecular complexity index is 836. The summed E-state index contributed by atoms with van der Waals surface area (Å²) in [5, 5.41) is 4.13. The fraction of sp³-hybridized carbons (Fsp3) is 0. The van der Waals surface area contributed by atoms with Crippen molar-refractivity contribution >= 4 is 23.2 Å². The molecule has 0 atom stereocenters. The molecule has 0 heterocycles. The van der Waals surface area contributed by atoms with E-state index in [-0.39, 0.29) is 0 Å². The van der Waals surface area contributed by atoms with Crippen LogP contribution in [0.3, 0.4) is 0 Å². The Kier molecular flexibility index (Phi) is 4.86. The second kappa shape index (κ2) is 7.60. The summed E-state index contributed by atoms with van der Waals surface area (Å²) in [5.74, 6) is 0. The summed E-state index contributed by atoms with van der Waals surface area (Å²) in [5.41, 5.74) is 1.26. The van der Waals surface area contributed by atoms with Gasteiger partial charge in [0.1, 0.15) is 15.9 Å². The Labute approximate surface area is 156 Å². The fourth-order valence-corrected chi connectivity index (χ4v) is 7.31. The maximum atomic E-state index is 2.49. The maximum absolute atomic E-state index is 2.49. The van der Waals surface area contributed by atoms with Gasteiger partial charge in [-0.1, -0.05) is 54.6 Å². The highest BCUT2D eigenvalue weighted by Crippen LogP contribution is 2.59. The molecule has 4 aromatic rings. The molecule has 0 fully saturated rings. The molecule has 0 aliphatic rings. The molecule has 124 valence electrons. The smallest absolute Gasteiger partial charge is 0.0620 e. The van der Waals surface area contributed by atoms with Crippen LogP contribution in [0.2, 0.25) is 0 Å². The van der Waals surface area contributed by atoms with Crippen molar-refractivity contribution in [3.05, 3.63) is 133 Å². The lowest BCUT2D eigenvalue weighted by molar-refractivity contribution is 1.58. The third-order valence-electron chi connectivity index (χ3n) is 4.63. The van der Waals surface area contributed by atoms with Crippen LogP contribution in [0.15, 0.2) is 121 Å². The molecule has 0 radical (unpaired) electrons. The van der Waals surface area contributed by atoms with E-state index in [1.54, 1.807) is 0 Å². The van der Waals surface area contributed by atoms with Crippen LogP contribution in [0.4, 0.5) is 0 Å². The minimum atomic E-state index is -1.90. The van der Waals surface area contributed by atoms with Crippen LogP contribution in [0, 0.1) is 6.16 Å². The van der Waals surface area contributed by atoms with Crippen molar-refractivity contribution in [2.24, 2.45) is 0 Å². The van der Waals surface area contributed by atoms with Gasteiger partial charge in [-0.25, -0.2) is 0 Å². The predicted molar refractivity (Wildman–Crippen MR) is 115 cm³/mol. The summed E-state index contributed by atoms with van der Waals surface area (Å²) in [6, 6.07) is 43.5. The molecule has 0 bridgehead atoms. The van der Waals surface area contributed by atoms with Gasteiger partial charge in [0.25, 0.3) is 0 Å². The van der Waals surface area contributed by atoms with Crippen molar-refractivity contribution < 1.29 is 0 Å². The molecule has 0 aliphatic heterocycles. The van der Waals surface area contributed by atoms with Gasteiger partial charge in [0.05, 0.1) is 0 Å². The molecular weight excluding hydrogens is 331 g/mol. The summed E-state index contributed by atoms with van der Waals surface area (Å²) in [6.45, 7) is 0. The molecule has 0 amide bonds. The zero-order chi connectivity index (χ0) is 17.7. The summed E-state index contributed by atoms with van der Waals surface area (Å²) in [7, 11) is -1.90. The van der Waals surface area contributed by atoms with E-state index in [1.165, 1.54) is 21.5 Å². The van der Waals surface area contributed by atoms with Gasteiger partial charge in [0.15, 0.2) is 19.0 Å². The van der Waals surface area contributed by atoms with Gasteiger partial charge >= 0.3 is 0 Å². The fourth-order valence-electron chi connectivity index (χ4n) is 3.42. The van der Waals surface area contributed by atoms with Crippen molar-refractivity contribution in [3.8, 4) is 0 Å².